The SMILES string of the molecule is CNCc1nccn1Cc1ccc(Cl)cc1Cl. The summed E-state index contributed by atoms with van der Waals surface area (Å²) in [5, 5.41) is 4.42. The highest BCUT2D eigenvalue weighted by Crippen LogP contribution is 2.22. The van der Waals surface area contributed by atoms with Crippen LogP contribution in [-0.2, 0) is 13.1 Å². The zero-order chi connectivity index (χ0) is 12.3. The topological polar surface area (TPSA) is 29.9 Å². The first-order valence-electron chi connectivity index (χ1n) is 5.29. The molecular weight excluding hydrogens is 257 g/mol. The van der Waals surface area contributed by atoms with E-state index in [1.807, 2.05) is 25.4 Å². The van der Waals surface area contributed by atoms with Crippen LogP contribution in [0.5, 0.6) is 0 Å². The Morgan fingerprint density at radius 3 is 2.88 bits per heavy atom. The molecule has 0 atom stereocenters. The number of rotatable bonds is 4. The highest BCUT2D eigenvalue weighted by atomic mass is 35.5. The van der Waals surface area contributed by atoms with E-state index < -0.39 is 0 Å². The molecule has 0 radical (unpaired) electrons. The van der Waals surface area contributed by atoms with Gasteiger partial charge in [-0.2, -0.15) is 0 Å². The molecule has 5 heteroatoms. The Morgan fingerprint density at radius 1 is 1.35 bits per heavy atom. The van der Waals surface area contributed by atoms with E-state index in [4.69, 9.17) is 23.2 Å². The second kappa shape index (κ2) is 5.54. The molecule has 2 rings (SSSR count). The summed E-state index contributed by atoms with van der Waals surface area (Å²) in [5.74, 6) is 0.985. The normalized spacial score (nSPS) is 10.8. The lowest BCUT2D eigenvalue weighted by Gasteiger charge is -2.09. The van der Waals surface area contributed by atoms with Gasteiger partial charge in [0.2, 0.25) is 0 Å². The van der Waals surface area contributed by atoms with Gasteiger partial charge < -0.3 is 9.88 Å². The minimum atomic E-state index is 0.653. The number of nitrogens with one attached hydrogen (secondary N) is 1. The van der Waals surface area contributed by atoms with Crippen LogP contribution in [0.1, 0.15) is 11.4 Å². The van der Waals surface area contributed by atoms with Crippen LogP contribution in [0.15, 0.2) is 30.6 Å². The first kappa shape index (κ1) is 12.4. The number of aromatic nitrogens is 2. The van der Waals surface area contributed by atoms with Crippen molar-refractivity contribution in [3.05, 3.63) is 52.0 Å². The van der Waals surface area contributed by atoms with E-state index in [2.05, 4.69) is 14.9 Å². The molecule has 1 aromatic heterocycles. The maximum atomic E-state index is 6.14. The van der Waals surface area contributed by atoms with Crippen molar-refractivity contribution in [1.82, 2.24) is 14.9 Å². The molecule has 0 spiro atoms. The fourth-order valence-electron chi connectivity index (χ4n) is 1.64. The van der Waals surface area contributed by atoms with E-state index in [-0.39, 0.29) is 0 Å². The van der Waals surface area contributed by atoms with Crippen LogP contribution in [-0.4, -0.2) is 16.6 Å². The van der Waals surface area contributed by atoms with Crippen LogP contribution in [0.2, 0.25) is 10.0 Å². The Labute approximate surface area is 110 Å². The van der Waals surface area contributed by atoms with Gasteiger partial charge in [0.05, 0.1) is 13.1 Å². The highest BCUT2D eigenvalue weighted by Gasteiger charge is 2.05. The third-order valence-corrected chi connectivity index (χ3v) is 3.08. The maximum absolute atomic E-state index is 6.14. The van der Waals surface area contributed by atoms with Gasteiger partial charge in [-0.05, 0) is 24.7 Å². The van der Waals surface area contributed by atoms with E-state index in [1.165, 1.54) is 0 Å². The van der Waals surface area contributed by atoms with Gasteiger partial charge in [-0.3, -0.25) is 0 Å². The van der Waals surface area contributed by atoms with Crippen molar-refractivity contribution in [3.8, 4) is 0 Å². The van der Waals surface area contributed by atoms with Crippen molar-refractivity contribution in [2.24, 2.45) is 0 Å². The molecular formula is C12H13Cl2N3. The average molecular weight is 270 g/mol. The Hall–Kier alpha value is -1.03. The summed E-state index contributed by atoms with van der Waals surface area (Å²) in [6, 6.07) is 5.54. The van der Waals surface area contributed by atoms with E-state index in [0.717, 1.165) is 17.9 Å². The van der Waals surface area contributed by atoms with E-state index in [0.29, 0.717) is 16.6 Å². The molecule has 1 N–H and O–H groups in total. The monoisotopic (exact) mass is 269 g/mol. The third-order valence-electron chi connectivity index (χ3n) is 2.49. The summed E-state index contributed by atoms with van der Waals surface area (Å²) < 4.78 is 2.06. The van der Waals surface area contributed by atoms with Gasteiger partial charge in [0.15, 0.2) is 0 Å². The highest BCUT2D eigenvalue weighted by molar-refractivity contribution is 6.35. The molecule has 17 heavy (non-hydrogen) atoms. The molecule has 0 amide bonds. The molecule has 3 nitrogen and oxygen atoms in total. The molecule has 1 heterocycles. The Kier molecular flexibility index (Phi) is 4.05. The molecule has 0 saturated heterocycles. The van der Waals surface area contributed by atoms with Crippen molar-refractivity contribution in [3.63, 3.8) is 0 Å². The van der Waals surface area contributed by atoms with Gasteiger partial charge >= 0.3 is 0 Å². The van der Waals surface area contributed by atoms with Crippen LogP contribution in [0.25, 0.3) is 0 Å². The van der Waals surface area contributed by atoms with Crippen molar-refractivity contribution in [2.45, 2.75) is 13.1 Å². The van der Waals surface area contributed by atoms with Crippen LogP contribution in [0.4, 0.5) is 0 Å². The lowest BCUT2D eigenvalue weighted by Crippen LogP contribution is -2.12. The maximum Gasteiger partial charge on any atom is 0.122 e. The molecule has 0 bridgehead atoms. The van der Waals surface area contributed by atoms with Gasteiger partial charge in [-0.1, -0.05) is 29.3 Å². The predicted molar refractivity (Wildman–Crippen MR) is 70.6 cm³/mol. The van der Waals surface area contributed by atoms with Crippen LogP contribution in [0.3, 0.4) is 0 Å². The van der Waals surface area contributed by atoms with E-state index >= 15 is 0 Å². The first-order valence-corrected chi connectivity index (χ1v) is 6.05. The molecule has 1 aromatic carbocycles. The van der Waals surface area contributed by atoms with Crippen LogP contribution >= 0.6 is 23.2 Å². The van der Waals surface area contributed by atoms with Crippen molar-refractivity contribution < 1.29 is 0 Å². The molecule has 0 aliphatic heterocycles. The minimum Gasteiger partial charge on any atom is -0.329 e. The summed E-state index contributed by atoms with van der Waals surface area (Å²) in [7, 11) is 1.90. The smallest absolute Gasteiger partial charge is 0.122 e. The number of benzene rings is 1. The lowest BCUT2D eigenvalue weighted by atomic mass is 10.2. The van der Waals surface area contributed by atoms with Crippen molar-refractivity contribution >= 4 is 23.2 Å². The summed E-state index contributed by atoms with van der Waals surface area (Å²) in [6.45, 7) is 1.44. The standard InChI is InChI=1S/C12H13Cl2N3/c1-15-7-12-16-4-5-17(12)8-9-2-3-10(13)6-11(9)14/h2-6,15H,7-8H2,1H3. The fraction of sp³-hybridized carbons (Fsp3) is 0.250. The number of halogens is 2. The molecule has 0 aliphatic carbocycles. The lowest BCUT2D eigenvalue weighted by molar-refractivity contribution is 0.673. The Bertz CT molecular complexity index is 508. The van der Waals surface area contributed by atoms with Gasteiger partial charge in [-0.15, -0.1) is 0 Å². The van der Waals surface area contributed by atoms with Crippen molar-refractivity contribution in [2.75, 3.05) is 7.05 Å². The van der Waals surface area contributed by atoms with Gasteiger partial charge in [0.25, 0.3) is 0 Å². The largest absolute Gasteiger partial charge is 0.329 e. The second-order valence-corrected chi connectivity index (χ2v) is 4.58. The summed E-state index contributed by atoms with van der Waals surface area (Å²) in [6.07, 6.45) is 3.73. The third kappa shape index (κ3) is 3.00. The number of nitrogens with zero attached hydrogens (tertiary/aromatic N) is 2. The predicted octanol–water partition coefficient (Wildman–Crippen LogP) is 2.96. The molecule has 0 unspecified atom stereocenters. The van der Waals surface area contributed by atoms with Crippen molar-refractivity contribution in [1.29, 1.82) is 0 Å². The fourth-order valence-corrected chi connectivity index (χ4v) is 2.11. The molecule has 2 aromatic rings. The minimum absolute atomic E-state index is 0.653. The molecule has 0 saturated carbocycles. The first-order chi connectivity index (χ1) is 8.20. The Balaban J connectivity index is 2.22. The summed E-state index contributed by atoms with van der Waals surface area (Å²) >= 11 is 12.0. The quantitative estimate of drug-likeness (QED) is 0.925. The zero-order valence-electron chi connectivity index (χ0n) is 9.45. The van der Waals surface area contributed by atoms with Crippen LogP contribution < -0.4 is 5.32 Å². The average Bonchev–Trinajstić information content (AvgIpc) is 2.71. The summed E-state index contributed by atoms with van der Waals surface area (Å²) in [5.41, 5.74) is 1.03. The number of hydrogen-bond acceptors (Lipinski definition) is 2. The Morgan fingerprint density at radius 2 is 2.18 bits per heavy atom. The van der Waals surface area contributed by atoms with Crippen LogP contribution in [0, 0.1) is 0 Å². The zero-order valence-corrected chi connectivity index (χ0v) is 11.0. The molecule has 0 fully saturated rings. The van der Waals surface area contributed by atoms with Gasteiger partial charge in [0, 0.05) is 22.4 Å². The number of imidazole rings is 1. The molecule has 0 aliphatic rings. The second-order valence-electron chi connectivity index (χ2n) is 3.74. The van der Waals surface area contributed by atoms with Gasteiger partial charge in [0.1, 0.15) is 5.82 Å². The van der Waals surface area contributed by atoms with E-state index in [1.54, 1.807) is 12.3 Å². The number of hydrogen-bond donors (Lipinski definition) is 1. The van der Waals surface area contributed by atoms with Gasteiger partial charge in [-0.25, -0.2) is 4.98 Å². The van der Waals surface area contributed by atoms with E-state index in [9.17, 15) is 0 Å². The molecule has 90 valence electrons. The summed E-state index contributed by atoms with van der Waals surface area (Å²) in [4.78, 5) is 4.28.